The minimum absolute atomic E-state index is 0.149. The molecule has 0 radical (unpaired) electrons. The van der Waals surface area contributed by atoms with E-state index in [0.717, 1.165) is 17.7 Å². The van der Waals surface area contributed by atoms with Gasteiger partial charge in [0.15, 0.2) is 0 Å². The van der Waals surface area contributed by atoms with Crippen LogP contribution in [0.25, 0.3) is 0 Å². The molecule has 0 heterocycles. The van der Waals surface area contributed by atoms with E-state index in [-0.39, 0.29) is 19.2 Å². The molecule has 0 saturated carbocycles. The van der Waals surface area contributed by atoms with Crippen molar-refractivity contribution in [2.75, 3.05) is 19.7 Å². The van der Waals surface area contributed by atoms with Crippen LogP contribution in [0.2, 0.25) is 0 Å². The van der Waals surface area contributed by atoms with E-state index >= 15 is 0 Å². The van der Waals surface area contributed by atoms with Crippen LogP contribution in [0, 0.1) is 12.8 Å². The number of ether oxygens (including phenoxy) is 1. The van der Waals surface area contributed by atoms with Crippen LogP contribution in [-0.2, 0) is 0 Å². The lowest BCUT2D eigenvalue weighted by molar-refractivity contribution is 0.108. The molecule has 0 aliphatic rings. The lowest BCUT2D eigenvalue weighted by atomic mass is 10.1. The van der Waals surface area contributed by atoms with Gasteiger partial charge in [0.05, 0.1) is 0 Å². The Bertz CT molecular complexity index is 435. The summed E-state index contributed by atoms with van der Waals surface area (Å²) in [4.78, 5) is 11.5. The van der Waals surface area contributed by atoms with E-state index in [2.05, 4.69) is 24.5 Å². The Balaban J connectivity index is 2.16. The Morgan fingerprint density at radius 2 is 2.10 bits per heavy atom. The zero-order valence-electron chi connectivity index (χ0n) is 13.1. The Morgan fingerprint density at radius 1 is 1.33 bits per heavy atom. The molecule has 1 atom stereocenters. The first kappa shape index (κ1) is 17.3. The molecule has 0 saturated heterocycles. The van der Waals surface area contributed by atoms with Gasteiger partial charge in [-0.25, -0.2) is 4.79 Å². The quantitative estimate of drug-likeness (QED) is 0.687. The van der Waals surface area contributed by atoms with Crippen LogP contribution in [0.5, 0.6) is 5.75 Å². The highest BCUT2D eigenvalue weighted by Gasteiger charge is 2.08. The lowest BCUT2D eigenvalue weighted by Crippen LogP contribution is -2.41. The van der Waals surface area contributed by atoms with Crippen molar-refractivity contribution < 1.29 is 14.6 Å². The van der Waals surface area contributed by atoms with E-state index in [0.29, 0.717) is 12.5 Å². The van der Waals surface area contributed by atoms with Crippen LogP contribution in [0.1, 0.15) is 25.8 Å². The van der Waals surface area contributed by atoms with Crippen LogP contribution in [0.4, 0.5) is 4.79 Å². The Kier molecular flexibility index (Phi) is 7.61. The molecule has 118 valence electrons. The first-order valence-corrected chi connectivity index (χ1v) is 7.36. The molecule has 1 rings (SSSR count). The summed E-state index contributed by atoms with van der Waals surface area (Å²) in [6.45, 7) is 7.14. The molecule has 0 aliphatic carbocycles. The topological polar surface area (TPSA) is 70.6 Å². The first-order valence-electron chi connectivity index (χ1n) is 7.36. The fourth-order valence-electron chi connectivity index (χ4n) is 1.70. The Hall–Kier alpha value is -1.75. The molecule has 21 heavy (non-hydrogen) atoms. The summed E-state index contributed by atoms with van der Waals surface area (Å²) in [5.41, 5.74) is 1.10. The maximum atomic E-state index is 11.5. The summed E-state index contributed by atoms with van der Waals surface area (Å²) in [5.74, 6) is 1.27. The van der Waals surface area contributed by atoms with Gasteiger partial charge in [0.2, 0.25) is 0 Å². The van der Waals surface area contributed by atoms with Crippen molar-refractivity contribution in [3.05, 3.63) is 29.8 Å². The normalized spacial score (nSPS) is 12.0. The van der Waals surface area contributed by atoms with Gasteiger partial charge in [-0.3, -0.25) is 0 Å². The molecule has 0 spiro atoms. The first-order chi connectivity index (χ1) is 9.97. The van der Waals surface area contributed by atoms with E-state index in [9.17, 15) is 9.90 Å². The standard InChI is InChI=1S/C16H26N2O3/c1-12(2)7-8-17-16(20)18-10-14(19)11-21-15-6-4-5-13(3)9-15/h4-6,9,12,14,19H,7-8,10-11H2,1-3H3,(H2,17,18,20). The molecule has 0 fully saturated rings. The van der Waals surface area contributed by atoms with Crippen molar-refractivity contribution in [1.82, 2.24) is 10.6 Å². The number of nitrogens with one attached hydrogen (secondary N) is 2. The lowest BCUT2D eigenvalue weighted by Gasteiger charge is -2.14. The molecular weight excluding hydrogens is 268 g/mol. The molecule has 5 heteroatoms. The largest absolute Gasteiger partial charge is 0.491 e. The second kappa shape index (κ2) is 9.23. The van der Waals surface area contributed by atoms with Gasteiger partial charge in [-0.15, -0.1) is 0 Å². The van der Waals surface area contributed by atoms with Gasteiger partial charge >= 0.3 is 6.03 Å². The summed E-state index contributed by atoms with van der Waals surface area (Å²) in [6, 6.07) is 7.36. The summed E-state index contributed by atoms with van der Waals surface area (Å²) in [5, 5.41) is 15.1. The number of rotatable bonds is 8. The number of hydrogen-bond acceptors (Lipinski definition) is 3. The molecule has 2 amide bonds. The number of benzene rings is 1. The third-order valence-corrected chi connectivity index (χ3v) is 2.94. The fourth-order valence-corrected chi connectivity index (χ4v) is 1.70. The Morgan fingerprint density at radius 3 is 2.76 bits per heavy atom. The van der Waals surface area contributed by atoms with Gasteiger partial charge in [0.1, 0.15) is 18.5 Å². The number of hydrogen-bond donors (Lipinski definition) is 3. The molecule has 3 N–H and O–H groups in total. The predicted molar refractivity (Wildman–Crippen MR) is 83.5 cm³/mol. The second-order valence-corrected chi connectivity index (χ2v) is 5.60. The van der Waals surface area contributed by atoms with Crippen LogP contribution in [-0.4, -0.2) is 36.9 Å². The van der Waals surface area contributed by atoms with Crippen molar-refractivity contribution in [3.63, 3.8) is 0 Å². The number of aryl methyl sites for hydroxylation is 1. The van der Waals surface area contributed by atoms with Crippen molar-refractivity contribution in [2.24, 2.45) is 5.92 Å². The average molecular weight is 294 g/mol. The maximum absolute atomic E-state index is 11.5. The van der Waals surface area contributed by atoms with Gasteiger partial charge in [-0.05, 0) is 37.0 Å². The molecule has 1 unspecified atom stereocenters. The van der Waals surface area contributed by atoms with Crippen molar-refractivity contribution in [2.45, 2.75) is 33.3 Å². The third kappa shape index (κ3) is 8.19. The molecule has 0 bridgehead atoms. The zero-order valence-corrected chi connectivity index (χ0v) is 13.1. The summed E-state index contributed by atoms with van der Waals surface area (Å²) < 4.78 is 5.47. The number of aliphatic hydroxyl groups is 1. The van der Waals surface area contributed by atoms with Gasteiger partial charge < -0.3 is 20.5 Å². The molecule has 1 aromatic carbocycles. The van der Waals surface area contributed by atoms with Gasteiger partial charge in [0, 0.05) is 13.1 Å². The summed E-state index contributed by atoms with van der Waals surface area (Å²) >= 11 is 0. The SMILES string of the molecule is Cc1cccc(OCC(O)CNC(=O)NCCC(C)C)c1. The Labute approximate surface area is 126 Å². The minimum Gasteiger partial charge on any atom is -0.491 e. The number of aliphatic hydroxyl groups excluding tert-OH is 1. The zero-order chi connectivity index (χ0) is 15.7. The monoisotopic (exact) mass is 294 g/mol. The van der Waals surface area contributed by atoms with E-state index in [4.69, 9.17) is 4.74 Å². The average Bonchev–Trinajstić information content (AvgIpc) is 2.42. The highest BCUT2D eigenvalue weighted by atomic mass is 16.5. The van der Waals surface area contributed by atoms with Crippen LogP contribution in [0.3, 0.4) is 0 Å². The highest BCUT2D eigenvalue weighted by Crippen LogP contribution is 2.12. The van der Waals surface area contributed by atoms with Gasteiger partial charge in [0.25, 0.3) is 0 Å². The van der Waals surface area contributed by atoms with E-state index in [1.165, 1.54) is 0 Å². The van der Waals surface area contributed by atoms with Crippen LogP contribution in [0.15, 0.2) is 24.3 Å². The molecule has 1 aromatic rings. The third-order valence-electron chi connectivity index (χ3n) is 2.94. The highest BCUT2D eigenvalue weighted by molar-refractivity contribution is 5.73. The van der Waals surface area contributed by atoms with Crippen molar-refractivity contribution in [1.29, 1.82) is 0 Å². The molecule has 0 aliphatic heterocycles. The van der Waals surface area contributed by atoms with Gasteiger partial charge in [-0.1, -0.05) is 26.0 Å². The van der Waals surface area contributed by atoms with Gasteiger partial charge in [-0.2, -0.15) is 0 Å². The maximum Gasteiger partial charge on any atom is 0.314 e. The number of carbonyl (C=O) groups excluding carboxylic acids is 1. The van der Waals surface area contributed by atoms with E-state index in [1.807, 2.05) is 31.2 Å². The summed E-state index contributed by atoms with van der Waals surface area (Å²) in [7, 11) is 0. The number of urea groups is 1. The van der Waals surface area contributed by atoms with Crippen LogP contribution >= 0.6 is 0 Å². The number of amides is 2. The predicted octanol–water partition coefficient (Wildman–Crippen LogP) is 2.08. The van der Waals surface area contributed by atoms with Crippen molar-refractivity contribution in [3.8, 4) is 5.75 Å². The summed E-state index contributed by atoms with van der Waals surface area (Å²) in [6.07, 6.45) is 0.202. The minimum atomic E-state index is -0.735. The van der Waals surface area contributed by atoms with E-state index < -0.39 is 6.10 Å². The van der Waals surface area contributed by atoms with Crippen LogP contribution < -0.4 is 15.4 Å². The number of carbonyl (C=O) groups is 1. The smallest absolute Gasteiger partial charge is 0.314 e. The molecule has 5 nitrogen and oxygen atoms in total. The van der Waals surface area contributed by atoms with Crippen molar-refractivity contribution >= 4 is 6.03 Å². The molecular formula is C16H26N2O3. The molecule has 0 aromatic heterocycles. The second-order valence-electron chi connectivity index (χ2n) is 5.60. The van der Waals surface area contributed by atoms with E-state index in [1.54, 1.807) is 0 Å². The fraction of sp³-hybridized carbons (Fsp3) is 0.562.